The molecule has 0 aliphatic carbocycles. The van der Waals surface area contributed by atoms with Gasteiger partial charge in [0.15, 0.2) is 0 Å². The van der Waals surface area contributed by atoms with E-state index in [9.17, 15) is 9.59 Å². The molecule has 0 unspecified atom stereocenters. The molecule has 0 aliphatic heterocycles. The lowest BCUT2D eigenvalue weighted by atomic mass is 10.0. The van der Waals surface area contributed by atoms with Crippen molar-refractivity contribution in [1.29, 1.82) is 0 Å². The predicted octanol–water partition coefficient (Wildman–Crippen LogP) is 3.41. The fourth-order valence-corrected chi connectivity index (χ4v) is 3.34. The fraction of sp³-hybridized carbons (Fsp3) is 0.280. The minimum atomic E-state index is -0.418. The van der Waals surface area contributed by atoms with Crippen molar-refractivity contribution in [3.63, 3.8) is 0 Å². The molecule has 0 aliphatic rings. The number of carbonyl (C=O) groups excluding carboxylic acids is 1. The third-order valence-corrected chi connectivity index (χ3v) is 5.08. The molecular weight excluding hydrogens is 394 g/mol. The van der Waals surface area contributed by atoms with Gasteiger partial charge in [-0.3, -0.25) is 4.79 Å². The molecule has 1 N–H and O–H groups in total. The average Bonchev–Trinajstić information content (AvgIpc) is 2.78. The maximum absolute atomic E-state index is 12.4. The van der Waals surface area contributed by atoms with Crippen LogP contribution in [0.3, 0.4) is 0 Å². The molecule has 0 saturated carbocycles. The van der Waals surface area contributed by atoms with Crippen molar-refractivity contribution < 1.29 is 18.7 Å². The Labute approximate surface area is 181 Å². The van der Waals surface area contributed by atoms with Gasteiger partial charge in [0.1, 0.15) is 23.7 Å². The topological polar surface area (TPSA) is 77.8 Å². The van der Waals surface area contributed by atoms with E-state index in [0.29, 0.717) is 42.0 Å². The van der Waals surface area contributed by atoms with E-state index in [1.165, 1.54) is 0 Å². The van der Waals surface area contributed by atoms with E-state index < -0.39 is 5.63 Å². The number of benzene rings is 2. The van der Waals surface area contributed by atoms with E-state index in [1.54, 1.807) is 13.2 Å². The van der Waals surface area contributed by atoms with Crippen molar-refractivity contribution in [2.24, 2.45) is 0 Å². The molecule has 160 valence electrons. The van der Waals surface area contributed by atoms with Crippen molar-refractivity contribution in [3.8, 4) is 23.8 Å². The van der Waals surface area contributed by atoms with Crippen LogP contribution in [0.25, 0.3) is 11.0 Å². The van der Waals surface area contributed by atoms with Gasteiger partial charge in [-0.25, -0.2) is 4.79 Å². The van der Waals surface area contributed by atoms with Gasteiger partial charge in [-0.05, 0) is 55.2 Å². The van der Waals surface area contributed by atoms with E-state index in [0.717, 1.165) is 16.5 Å². The number of amides is 1. The first kappa shape index (κ1) is 22.0. The predicted molar refractivity (Wildman–Crippen MR) is 120 cm³/mol. The van der Waals surface area contributed by atoms with E-state index >= 15 is 0 Å². The van der Waals surface area contributed by atoms with Crippen molar-refractivity contribution in [2.75, 3.05) is 20.3 Å². The first-order valence-corrected chi connectivity index (χ1v) is 10.0. The Morgan fingerprint density at radius 2 is 1.87 bits per heavy atom. The second kappa shape index (κ2) is 10.4. The van der Waals surface area contributed by atoms with Crippen LogP contribution < -0.4 is 20.4 Å². The molecule has 3 aromatic rings. The Balaban J connectivity index is 1.53. The highest BCUT2D eigenvalue weighted by atomic mass is 16.5. The van der Waals surface area contributed by atoms with Crippen LogP contribution in [-0.2, 0) is 17.6 Å². The first-order valence-electron chi connectivity index (χ1n) is 10.0. The van der Waals surface area contributed by atoms with E-state index in [4.69, 9.17) is 20.3 Å². The zero-order chi connectivity index (χ0) is 22.2. The fourth-order valence-electron chi connectivity index (χ4n) is 3.34. The molecule has 0 atom stereocenters. The lowest BCUT2D eigenvalue weighted by molar-refractivity contribution is -0.121. The number of hydrogen-bond acceptors (Lipinski definition) is 5. The number of methoxy groups -OCH3 is 1. The van der Waals surface area contributed by atoms with Gasteiger partial charge in [0.2, 0.25) is 5.91 Å². The van der Waals surface area contributed by atoms with Crippen LogP contribution in [0.2, 0.25) is 0 Å². The van der Waals surface area contributed by atoms with E-state index in [-0.39, 0.29) is 18.9 Å². The zero-order valence-corrected chi connectivity index (χ0v) is 17.7. The number of terminal acetylenes is 1. The van der Waals surface area contributed by atoms with Crippen LogP contribution in [0.1, 0.15) is 23.1 Å². The van der Waals surface area contributed by atoms with Crippen LogP contribution in [0.5, 0.6) is 11.5 Å². The molecule has 1 aromatic heterocycles. The summed E-state index contributed by atoms with van der Waals surface area (Å²) in [6.45, 7) is 2.61. The third-order valence-electron chi connectivity index (χ3n) is 5.08. The molecule has 31 heavy (non-hydrogen) atoms. The van der Waals surface area contributed by atoms with Crippen LogP contribution in [0.4, 0.5) is 0 Å². The summed E-state index contributed by atoms with van der Waals surface area (Å²) in [5, 5.41) is 3.73. The maximum Gasteiger partial charge on any atom is 0.339 e. The van der Waals surface area contributed by atoms with Gasteiger partial charge >= 0.3 is 5.63 Å². The van der Waals surface area contributed by atoms with Crippen LogP contribution in [0, 0.1) is 19.3 Å². The number of ether oxygens (including phenoxy) is 2. The summed E-state index contributed by atoms with van der Waals surface area (Å²) in [5.74, 6) is 3.65. The molecule has 1 amide bonds. The molecule has 0 spiro atoms. The van der Waals surface area contributed by atoms with Gasteiger partial charge in [0.05, 0.1) is 7.11 Å². The molecule has 1 heterocycles. The molecule has 3 rings (SSSR count). The summed E-state index contributed by atoms with van der Waals surface area (Å²) < 4.78 is 15.9. The van der Waals surface area contributed by atoms with E-state index in [1.807, 2.05) is 43.3 Å². The Morgan fingerprint density at radius 3 is 2.58 bits per heavy atom. The normalized spacial score (nSPS) is 10.5. The number of hydrogen-bond donors (Lipinski definition) is 1. The van der Waals surface area contributed by atoms with Gasteiger partial charge in [-0.2, -0.15) is 0 Å². The molecule has 2 aromatic carbocycles. The summed E-state index contributed by atoms with van der Waals surface area (Å²) in [6.07, 6.45) is 6.40. The summed E-state index contributed by atoms with van der Waals surface area (Å²) in [5.41, 5.74) is 2.49. The number of fused-ring (bicyclic) bond motifs is 1. The first-order chi connectivity index (χ1) is 15.0. The average molecular weight is 419 g/mol. The van der Waals surface area contributed by atoms with Gasteiger partial charge in [-0.1, -0.05) is 18.1 Å². The van der Waals surface area contributed by atoms with Gasteiger partial charge in [-0.15, -0.1) is 6.42 Å². The van der Waals surface area contributed by atoms with Crippen LogP contribution >= 0.6 is 0 Å². The Bertz CT molecular complexity index is 1160. The quantitative estimate of drug-likeness (QED) is 0.425. The number of nitrogens with one attached hydrogen (secondary N) is 1. The lowest BCUT2D eigenvalue weighted by Crippen LogP contribution is -2.26. The third kappa shape index (κ3) is 5.67. The van der Waals surface area contributed by atoms with Gasteiger partial charge in [0.25, 0.3) is 0 Å². The number of aryl methyl sites for hydroxylation is 1. The molecule has 0 fully saturated rings. The lowest BCUT2D eigenvalue weighted by Gasteiger charge is -2.09. The summed E-state index contributed by atoms with van der Waals surface area (Å²) in [7, 11) is 1.56. The minimum absolute atomic E-state index is 0.109. The summed E-state index contributed by atoms with van der Waals surface area (Å²) in [6, 6.07) is 13.0. The maximum atomic E-state index is 12.4. The van der Waals surface area contributed by atoms with Crippen molar-refractivity contribution in [1.82, 2.24) is 5.32 Å². The SMILES string of the molecule is C#CCOc1ccc(CCNC(=O)CCc2c(C)c3ccc(OC)cc3oc2=O)cc1. The van der Waals surface area contributed by atoms with Gasteiger partial charge < -0.3 is 19.2 Å². The Hall–Kier alpha value is -3.72. The smallest absolute Gasteiger partial charge is 0.339 e. The molecule has 0 bridgehead atoms. The van der Waals surface area contributed by atoms with Crippen molar-refractivity contribution in [3.05, 3.63) is 69.6 Å². The monoisotopic (exact) mass is 419 g/mol. The molecule has 0 saturated heterocycles. The highest BCUT2D eigenvalue weighted by molar-refractivity contribution is 5.82. The largest absolute Gasteiger partial charge is 0.497 e. The summed E-state index contributed by atoms with van der Waals surface area (Å²) >= 11 is 0. The van der Waals surface area contributed by atoms with Crippen molar-refractivity contribution in [2.45, 2.75) is 26.2 Å². The molecule has 6 heteroatoms. The van der Waals surface area contributed by atoms with Gasteiger partial charge in [0, 0.05) is 30.0 Å². The minimum Gasteiger partial charge on any atom is -0.497 e. The van der Waals surface area contributed by atoms with Crippen molar-refractivity contribution >= 4 is 16.9 Å². The highest BCUT2D eigenvalue weighted by Crippen LogP contribution is 2.24. The molecule has 0 radical (unpaired) electrons. The highest BCUT2D eigenvalue weighted by Gasteiger charge is 2.13. The molecule has 6 nitrogen and oxygen atoms in total. The Morgan fingerprint density at radius 1 is 1.13 bits per heavy atom. The second-order valence-corrected chi connectivity index (χ2v) is 7.09. The van der Waals surface area contributed by atoms with E-state index in [2.05, 4.69) is 11.2 Å². The Kier molecular flexibility index (Phi) is 7.34. The van der Waals surface area contributed by atoms with Crippen LogP contribution in [-0.4, -0.2) is 26.2 Å². The second-order valence-electron chi connectivity index (χ2n) is 7.09. The molecular formula is C25H25NO5. The number of rotatable bonds is 9. The zero-order valence-electron chi connectivity index (χ0n) is 17.7. The number of carbonyl (C=O) groups is 1. The standard InChI is InChI=1S/C25H25NO5/c1-4-15-30-19-7-5-18(6-8-19)13-14-26-24(27)12-11-22-17(2)21-10-9-20(29-3)16-23(21)31-25(22)28/h1,5-10,16H,11-15H2,2-3H3,(H,26,27). The summed E-state index contributed by atoms with van der Waals surface area (Å²) in [4.78, 5) is 24.6. The van der Waals surface area contributed by atoms with Crippen LogP contribution in [0.15, 0.2) is 51.7 Å².